The van der Waals surface area contributed by atoms with Crippen LogP contribution in [0.3, 0.4) is 0 Å². The second-order valence-corrected chi connectivity index (χ2v) is 7.89. The van der Waals surface area contributed by atoms with Crippen molar-refractivity contribution in [3.8, 4) is 0 Å². The van der Waals surface area contributed by atoms with Gasteiger partial charge < -0.3 is 10.1 Å². The number of rotatable bonds is 4. The van der Waals surface area contributed by atoms with E-state index in [-0.39, 0.29) is 17.6 Å². The highest BCUT2D eigenvalue weighted by Gasteiger charge is 2.21. The highest BCUT2D eigenvalue weighted by atomic mass is 32.1. The Balaban J connectivity index is 1.64. The summed E-state index contributed by atoms with van der Waals surface area (Å²) in [5.74, 6) is -0.218. The van der Waals surface area contributed by atoms with Crippen molar-refractivity contribution in [3.05, 3.63) is 57.0 Å². The van der Waals surface area contributed by atoms with Gasteiger partial charge in [0.05, 0.1) is 29.2 Å². The van der Waals surface area contributed by atoms with Crippen molar-refractivity contribution in [3.63, 3.8) is 0 Å². The molecule has 1 N–H and O–H groups in total. The van der Waals surface area contributed by atoms with E-state index < -0.39 is 0 Å². The lowest BCUT2D eigenvalue weighted by molar-refractivity contribution is 0.0960. The highest BCUT2D eigenvalue weighted by Crippen LogP contribution is 2.28. The van der Waals surface area contributed by atoms with Gasteiger partial charge in [0.25, 0.3) is 11.5 Å². The zero-order valence-electron chi connectivity index (χ0n) is 15.3. The predicted octanol–water partition coefficient (Wildman–Crippen LogP) is 3.51. The lowest BCUT2D eigenvalue weighted by Crippen LogP contribution is -2.26. The molecule has 1 saturated heterocycles. The minimum atomic E-state index is -0.218. The molecule has 1 fully saturated rings. The van der Waals surface area contributed by atoms with Crippen LogP contribution in [-0.4, -0.2) is 28.2 Å². The molecule has 1 aromatic carbocycles. The van der Waals surface area contributed by atoms with E-state index in [1.54, 1.807) is 10.9 Å². The Bertz CT molecular complexity index is 1050. The third-order valence-corrected chi connectivity index (χ3v) is 6.06. The molecule has 27 heavy (non-hydrogen) atoms. The van der Waals surface area contributed by atoms with Crippen molar-refractivity contribution in [2.24, 2.45) is 0 Å². The Labute approximate surface area is 160 Å². The third-order valence-electron chi connectivity index (χ3n) is 4.86. The van der Waals surface area contributed by atoms with Gasteiger partial charge in [-0.25, -0.2) is 4.98 Å². The van der Waals surface area contributed by atoms with Crippen molar-refractivity contribution in [2.45, 2.75) is 39.3 Å². The molecule has 1 atom stereocenters. The number of benzene rings is 1. The summed E-state index contributed by atoms with van der Waals surface area (Å²) in [5, 5.41) is 3.42. The molecular weight excluding hydrogens is 362 g/mol. The largest absolute Gasteiger partial charge is 0.376 e. The zero-order chi connectivity index (χ0) is 19.0. The Morgan fingerprint density at radius 1 is 1.33 bits per heavy atom. The molecule has 1 amide bonds. The van der Waals surface area contributed by atoms with Gasteiger partial charge in [-0.1, -0.05) is 17.7 Å². The van der Waals surface area contributed by atoms with Crippen LogP contribution in [0.5, 0.6) is 0 Å². The standard InChI is InChI=1S/C20H21N3O3S/c1-12-5-7-14(8-6-12)22-18(24)17-13(2)16-19(27-17)21-11-23(20(16)25)10-15-4-3-9-26-15/h5-8,11,15H,3-4,9-10H2,1-2H3,(H,22,24)/t15-/m1/s1. The number of thiophene rings is 1. The smallest absolute Gasteiger partial charge is 0.266 e. The van der Waals surface area contributed by atoms with Crippen LogP contribution in [0.25, 0.3) is 10.2 Å². The van der Waals surface area contributed by atoms with Crippen LogP contribution in [0.15, 0.2) is 35.4 Å². The number of hydrogen-bond acceptors (Lipinski definition) is 5. The summed E-state index contributed by atoms with van der Waals surface area (Å²) in [4.78, 5) is 31.1. The normalized spacial score (nSPS) is 16.7. The van der Waals surface area contributed by atoms with Crippen LogP contribution in [0.2, 0.25) is 0 Å². The molecule has 0 saturated carbocycles. The number of carbonyl (C=O) groups is 1. The van der Waals surface area contributed by atoms with Crippen LogP contribution in [0.1, 0.15) is 33.6 Å². The molecule has 1 aliphatic rings. The van der Waals surface area contributed by atoms with Gasteiger partial charge in [-0.15, -0.1) is 11.3 Å². The van der Waals surface area contributed by atoms with Crippen LogP contribution >= 0.6 is 11.3 Å². The van der Waals surface area contributed by atoms with E-state index in [0.29, 0.717) is 27.2 Å². The number of aromatic nitrogens is 2. The molecule has 0 unspecified atom stereocenters. The number of amides is 1. The lowest BCUT2D eigenvalue weighted by Gasteiger charge is -2.11. The molecule has 0 spiro atoms. The average Bonchev–Trinajstić information content (AvgIpc) is 3.27. The highest BCUT2D eigenvalue weighted by molar-refractivity contribution is 7.20. The van der Waals surface area contributed by atoms with Crippen LogP contribution in [0.4, 0.5) is 5.69 Å². The first kappa shape index (κ1) is 17.9. The summed E-state index contributed by atoms with van der Waals surface area (Å²) in [6, 6.07) is 7.61. The quantitative estimate of drug-likeness (QED) is 0.748. The number of ether oxygens (including phenoxy) is 1. The molecule has 3 aromatic rings. The maximum Gasteiger partial charge on any atom is 0.266 e. The molecule has 3 heterocycles. The van der Waals surface area contributed by atoms with Crippen molar-refractivity contribution in [2.75, 3.05) is 11.9 Å². The fourth-order valence-electron chi connectivity index (χ4n) is 3.34. The predicted molar refractivity (Wildman–Crippen MR) is 107 cm³/mol. The number of aryl methyl sites for hydroxylation is 2. The molecule has 140 valence electrons. The zero-order valence-corrected chi connectivity index (χ0v) is 16.1. The molecule has 6 nitrogen and oxygen atoms in total. The average molecular weight is 383 g/mol. The number of nitrogens with zero attached hydrogens (tertiary/aromatic N) is 2. The van der Waals surface area contributed by atoms with Gasteiger partial charge in [-0.2, -0.15) is 0 Å². The summed E-state index contributed by atoms with van der Waals surface area (Å²) >= 11 is 1.25. The van der Waals surface area contributed by atoms with Crippen molar-refractivity contribution < 1.29 is 9.53 Å². The minimum Gasteiger partial charge on any atom is -0.376 e. The summed E-state index contributed by atoms with van der Waals surface area (Å²) in [6.45, 7) is 5.05. The van der Waals surface area contributed by atoms with Gasteiger partial charge in [0, 0.05) is 12.3 Å². The van der Waals surface area contributed by atoms with Crippen molar-refractivity contribution in [1.29, 1.82) is 0 Å². The molecule has 0 bridgehead atoms. The van der Waals surface area contributed by atoms with Crippen LogP contribution < -0.4 is 10.9 Å². The fourth-order valence-corrected chi connectivity index (χ4v) is 4.37. The molecule has 0 radical (unpaired) electrons. The fraction of sp³-hybridized carbons (Fsp3) is 0.350. The molecule has 1 aliphatic heterocycles. The Morgan fingerprint density at radius 3 is 2.81 bits per heavy atom. The second kappa shape index (κ2) is 7.25. The molecule has 4 rings (SSSR count). The van der Waals surface area contributed by atoms with E-state index in [0.717, 1.165) is 30.7 Å². The van der Waals surface area contributed by atoms with E-state index >= 15 is 0 Å². The SMILES string of the molecule is Cc1ccc(NC(=O)c2sc3ncn(C[C@H]4CCCO4)c(=O)c3c2C)cc1. The van der Waals surface area contributed by atoms with Gasteiger partial charge in [0.2, 0.25) is 0 Å². The van der Waals surface area contributed by atoms with Crippen molar-refractivity contribution in [1.82, 2.24) is 9.55 Å². The van der Waals surface area contributed by atoms with Gasteiger partial charge in [-0.05, 0) is 44.4 Å². The lowest BCUT2D eigenvalue weighted by atomic mass is 10.2. The first-order valence-corrected chi connectivity index (χ1v) is 9.83. The Hall–Kier alpha value is -2.51. The molecular formula is C20H21N3O3S. The van der Waals surface area contributed by atoms with E-state index in [1.807, 2.05) is 38.1 Å². The van der Waals surface area contributed by atoms with Gasteiger partial charge in [-0.3, -0.25) is 14.2 Å². The van der Waals surface area contributed by atoms with Crippen molar-refractivity contribution >= 4 is 33.1 Å². The topological polar surface area (TPSA) is 73.2 Å². The van der Waals surface area contributed by atoms with Gasteiger partial charge in [0.15, 0.2) is 0 Å². The van der Waals surface area contributed by atoms with Crippen LogP contribution in [0, 0.1) is 13.8 Å². The summed E-state index contributed by atoms with van der Waals surface area (Å²) in [5.41, 5.74) is 2.42. The maximum absolute atomic E-state index is 12.9. The van der Waals surface area contributed by atoms with Crippen LogP contribution in [-0.2, 0) is 11.3 Å². The van der Waals surface area contributed by atoms with Gasteiger partial charge >= 0.3 is 0 Å². The minimum absolute atomic E-state index is 0.0604. The van der Waals surface area contributed by atoms with Gasteiger partial charge in [0.1, 0.15) is 4.83 Å². The Kier molecular flexibility index (Phi) is 4.80. The summed E-state index contributed by atoms with van der Waals surface area (Å²) in [7, 11) is 0. The monoisotopic (exact) mass is 383 g/mol. The molecule has 0 aliphatic carbocycles. The Morgan fingerprint density at radius 2 is 2.11 bits per heavy atom. The number of carbonyl (C=O) groups excluding carboxylic acids is 1. The summed E-state index contributed by atoms with van der Waals surface area (Å²) in [6.07, 6.45) is 3.60. The molecule has 2 aromatic heterocycles. The number of nitrogens with one attached hydrogen (secondary N) is 1. The number of hydrogen-bond donors (Lipinski definition) is 1. The van der Waals surface area contributed by atoms with E-state index in [1.165, 1.54) is 11.3 Å². The third kappa shape index (κ3) is 3.52. The number of fused-ring (bicyclic) bond motifs is 1. The summed E-state index contributed by atoms with van der Waals surface area (Å²) < 4.78 is 7.22. The first-order chi connectivity index (χ1) is 13.0. The first-order valence-electron chi connectivity index (χ1n) is 9.01. The maximum atomic E-state index is 12.9. The second-order valence-electron chi connectivity index (χ2n) is 6.89. The van der Waals surface area contributed by atoms with E-state index in [9.17, 15) is 9.59 Å². The molecule has 7 heteroatoms. The van der Waals surface area contributed by atoms with E-state index in [4.69, 9.17) is 4.74 Å². The van der Waals surface area contributed by atoms with E-state index in [2.05, 4.69) is 10.3 Å². The number of anilines is 1.